The normalized spacial score (nSPS) is 14.6. The summed E-state index contributed by atoms with van der Waals surface area (Å²) in [5.41, 5.74) is 0.909. The van der Waals surface area contributed by atoms with Crippen LogP contribution in [0, 0.1) is 5.82 Å². The number of carbonyl (C=O) groups is 2. The van der Waals surface area contributed by atoms with Crippen LogP contribution in [-0.4, -0.2) is 50.0 Å². The summed E-state index contributed by atoms with van der Waals surface area (Å²) in [7, 11) is -4.08. The van der Waals surface area contributed by atoms with Crippen LogP contribution in [0.3, 0.4) is 0 Å². The van der Waals surface area contributed by atoms with Crippen LogP contribution in [0.25, 0.3) is 0 Å². The molecule has 0 spiro atoms. The van der Waals surface area contributed by atoms with E-state index in [0.29, 0.717) is 0 Å². The summed E-state index contributed by atoms with van der Waals surface area (Å²) in [5, 5.41) is 3.21. The predicted octanol–water partition coefficient (Wildman–Crippen LogP) is 6.64. The third kappa shape index (κ3) is 8.85. The summed E-state index contributed by atoms with van der Waals surface area (Å²) < 4.78 is 41.7. The zero-order valence-corrected chi connectivity index (χ0v) is 26.7. The molecule has 0 radical (unpaired) electrons. The monoisotopic (exact) mass is 667 g/mol. The fourth-order valence-electron chi connectivity index (χ4n) is 5.21. The molecule has 1 saturated carbocycles. The zero-order chi connectivity index (χ0) is 31.1. The Bertz CT molecular complexity index is 1550. The van der Waals surface area contributed by atoms with E-state index in [1.165, 1.54) is 35.2 Å². The Morgan fingerprint density at radius 1 is 0.930 bits per heavy atom. The second kappa shape index (κ2) is 14.8. The van der Waals surface area contributed by atoms with Gasteiger partial charge >= 0.3 is 0 Å². The van der Waals surface area contributed by atoms with E-state index in [1.807, 2.05) is 30.3 Å². The highest BCUT2D eigenvalue weighted by atomic mass is 35.5. The molecule has 0 aliphatic heterocycles. The standard InChI is InChI=1S/C31H33Cl3FN3O4S/c1-43(41,42)38(28-18-25(33)24(32)17-26(28)34)20-30(39)37(19-22-12-8-9-15-27(22)35)29(16-21-10-4-2-5-11-21)31(40)36-23-13-6-3-7-14-23/h2,4-5,8-12,15,17-18,23,29H,3,6-7,13-14,16,19-20H2,1H3,(H,36,40). The molecule has 0 heterocycles. The Labute approximate surface area is 267 Å². The van der Waals surface area contributed by atoms with Crippen LogP contribution >= 0.6 is 34.8 Å². The second-order valence-corrected chi connectivity index (χ2v) is 13.8. The number of nitrogens with one attached hydrogen (secondary N) is 1. The molecule has 43 heavy (non-hydrogen) atoms. The van der Waals surface area contributed by atoms with Gasteiger partial charge in [-0.15, -0.1) is 0 Å². The van der Waals surface area contributed by atoms with Crippen molar-refractivity contribution >= 4 is 62.3 Å². The fraction of sp³-hybridized carbons (Fsp3) is 0.355. The first-order chi connectivity index (χ1) is 20.4. The lowest BCUT2D eigenvalue weighted by Crippen LogP contribution is -2.55. The molecule has 0 bridgehead atoms. The van der Waals surface area contributed by atoms with Crippen molar-refractivity contribution in [1.29, 1.82) is 0 Å². The van der Waals surface area contributed by atoms with Crippen LogP contribution in [0.1, 0.15) is 43.2 Å². The van der Waals surface area contributed by atoms with E-state index < -0.39 is 34.3 Å². The van der Waals surface area contributed by atoms with Crippen molar-refractivity contribution in [2.75, 3.05) is 17.1 Å². The highest BCUT2D eigenvalue weighted by molar-refractivity contribution is 7.92. The van der Waals surface area contributed by atoms with Gasteiger partial charge in [-0.25, -0.2) is 12.8 Å². The smallest absolute Gasteiger partial charge is 0.244 e. The number of benzene rings is 3. The molecule has 0 aromatic heterocycles. The van der Waals surface area contributed by atoms with Gasteiger partial charge in [-0.3, -0.25) is 13.9 Å². The van der Waals surface area contributed by atoms with Gasteiger partial charge in [-0.2, -0.15) is 0 Å². The van der Waals surface area contributed by atoms with Gasteiger partial charge in [0.2, 0.25) is 21.8 Å². The van der Waals surface area contributed by atoms with Crippen molar-refractivity contribution in [3.8, 4) is 0 Å². The van der Waals surface area contributed by atoms with E-state index in [0.717, 1.165) is 48.2 Å². The average Bonchev–Trinajstić information content (AvgIpc) is 2.97. The van der Waals surface area contributed by atoms with E-state index in [1.54, 1.807) is 6.07 Å². The Balaban J connectivity index is 1.76. The summed E-state index contributed by atoms with van der Waals surface area (Å²) in [6.45, 7) is -0.985. The molecule has 7 nitrogen and oxygen atoms in total. The second-order valence-electron chi connectivity index (χ2n) is 10.6. The summed E-state index contributed by atoms with van der Waals surface area (Å²) in [6, 6.07) is 16.6. The average molecular weight is 669 g/mol. The van der Waals surface area contributed by atoms with Crippen LogP contribution in [-0.2, 0) is 32.6 Å². The lowest BCUT2D eigenvalue weighted by Gasteiger charge is -2.35. The Morgan fingerprint density at radius 2 is 1.56 bits per heavy atom. The maximum absolute atomic E-state index is 14.9. The van der Waals surface area contributed by atoms with E-state index >= 15 is 0 Å². The third-order valence-electron chi connectivity index (χ3n) is 7.46. The molecule has 1 N–H and O–H groups in total. The Hall–Kier alpha value is -2.85. The highest BCUT2D eigenvalue weighted by Crippen LogP contribution is 2.36. The minimum Gasteiger partial charge on any atom is -0.352 e. The topological polar surface area (TPSA) is 86.8 Å². The molecule has 3 aromatic carbocycles. The largest absolute Gasteiger partial charge is 0.352 e. The van der Waals surface area contributed by atoms with E-state index in [9.17, 15) is 22.4 Å². The minimum absolute atomic E-state index is 0.0378. The first kappa shape index (κ1) is 33.1. The highest BCUT2D eigenvalue weighted by Gasteiger charge is 2.35. The van der Waals surface area contributed by atoms with Gasteiger partial charge < -0.3 is 10.2 Å². The van der Waals surface area contributed by atoms with Gasteiger partial charge in [-0.05, 0) is 36.6 Å². The SMILES string of the molecule is CS(=O)(=O)N(CC(=O)N(Cc1ccccc1F)C(Cc1ccccc1)C(=O)NC1CCCCC1)c1cc(Cl)c(Cl)cc1Cl. The molecule has 230 valence electrons. The Kier molecular flexibility index (Phi) is 11.3. The van der Waals surface area contributed by atoms with Gasteiger partial charge in [0.25, 0.3) is 0 Å². The third-order valence-corrected chi connectivity index (χ3v) is 9.61. The van der Waals surface area contributed by atoms with Gasteiger partial charge in [0.15, 0.2) is 0 Å². The zero-order valence-electron chi connectivity index (χ0n) is 23.6. The van der Waals surface area contributed by atoms with Crippen LogP contribution in [0.4, 0.5) is 10.1 Å². The molecule has 2 amide bonds. The molecule has 3 aromatic rings. The molecule has 1 fully saturated rings. The van der Waals surface area contributed by atoms with Gasteiger partial charge in [0, 0.05) is 24.6 Å². The summed E-state index contributed by atoms with van der Waals surface area (Å²) >= 11 is 18.6. The predicted molar refractivity (Wildman–Crippen MR) is 170 cm³/mol. The van der Waals surface area contributed by atoms with Gasteiger partial charge in [0.1, 0.15) is 18.4 Å². The molecular formula is C31H33Cl3FN3O4S. The van der Waals surface area contributed by atoms with Gasteiger partial charge in [-0.1, -0.05) is 103 Å². The summed E-state index contributed by atoms with van der Waals surface area (Å²) in [4.78, 5) is 29.4. The summed E-state index contributed by atoms with van der Waals surface area (Å²) in [6.07, 6.45) is 5.77. The van der Waals surface area contributed by atoms with Crippen molar-refractivity contribution in [2.45, 2.75) is 57.2 Å². The number of anilines is 1. The van der Waals surface area contributed by atoms with Crippen molar-refractivity contribution in [1.82, 2.24) is 10.2 Å². The first-order valence-electron chi connectivity index (χ1n) is 13.9. The van der Waals surface area contributed by atoms with Crippen molar-refractivity contribution in [3.63, 3.8) is 0 Å². The van der Waals surface area contributed by atoms with Crippen LogP contribution < -0.4 is 9.62 Å². The van der Waals surface area contributed by atoms with Crippen LogP contribution in [0.5, 0.6) is 0 Å². The molecule has 1 aliphatic carbocycles. The Morgan fingerprint density at radius 3 is 2.21 bits per heavy atom. The van der Waals surface area contributed by atoms with E-state index in [2.05, 4.69) is 5.32 Å². The maximum atomic E-state index is 14.9. The molecule has 4 rings (SSSR count). The fourth-order valence-corrected chi connectivity index (χ4v) is 6.75. The summed E-state index contributed by atoms with van der Waals surface area (Å²) in [5.74, 6) is -1.67. The lowest BCUT2D eigenvalue weighted by molar-refractivity contribution is -0.140. The number of carbonyl (C=O) groups excluding carboxylic acids is 2. The quantitative estimate of drug-likeness (QED) is 0.232. The molecule has 12 heteroatoms. The number of sulfonamides is 1. The molecule has 1 unspecified atom stereocenters. The van der Waals surface area contributed by atoms with Crippen LogP contribution in [0.2, 0.25) is 15.1 Å². The number of amides is 2. The van der Waals surface area contributed by atoms with Crippen LogP contribution in [0.15, 0.2) is 66.7 Å². The minimum atomic E-state index is -4.08. The van der Waals surface area contributed by atoms with E-state index in [-0.39, 0.29) is 51.2 Å². The van der Waals surface area contributed by atoms with Crippen molar-refractivity contribution in [3.05, 3.63) is 98.7 Å². The first-order valence-corrected chi connectivity index (χ1v) is 16.9. The molecule has 1 atom stereocenters. The van der Waals surface area contributed by atoms with Crippen molar-refractivity contribution < 1.29 is 22.4 Å². The number of halogens is 4. The van der Waals surface area contributed by atoms with E-state index in [4.69, 9.17) is 34.8 Å². The van der Waals surface area contributed by atoms with Crippen molar-refractivity contribution in [2.24, 2.45) is 0 Å². The lowest BCUT2D eigenvalue weighted by atomic mass is 9.94. The molecule has 0 saturated heterocycles. The number of rotatable bonds is 11. The number of hydrogen-bond donors (Lipinski definition) is 1. The molecule has 1 aliphatic rings. The molecular weight excluding hydrogens is 636 g/mol. The van der Waals surface area contributed by atoms with Gasteiger partial charge in [0.05, 0.1) is 27.0 Å². The number of nitrogens with zero attached hydrogens (tertiary/aromatic N) is 2. The maximum Gasteiger partial charge on any atom is 0.244 e. The number of hydrogen-bond acceptors (Lipinski definition) is 4.